The number of anilines is 1. The van der Waals surface area contributed by atoms with Crippen molar-refractivity contribution >= 4 is 34.2 Å². The number of hydrogen-bond donors (Lipinski definition) is 0. The number of halogens is 3. The topological polar surface area (TPSA) is 20.3 Å². The van der Waals surface area contributed by atoms with Crippen LogP contribution in [0.5, 0.6) is 0 Å². The van der Waals surface area contributed by atoms with Crippen molar-refractivity contribution in [1.82, 2.24) is 0 Å². The van der Waals surface area contributed by atoms with E-state index < -0.39 is 11.6 Å². The minimum atomic E-state index is -0.961. The molecule has 0 bridgehead atoms. The molecule has 1 aliphatic heterocycles. The summed E-state index contributed by atoms with van der Waals surface area (Å²) in [6, 6.07) is 2.11. The molecule has 0 spiro atoms. The quantitative estimate of drug-likeness (QED) is 0.434. The SMILES string of the molecule is C#CC1CC(=O)N(c2cc(F)c(F)cc2I)C1. The molecule has 1 aliphatic rings. The van der Waals surface area contributed by atoms with Gasteiger partial charge >= 0.3 is 0 Å². The molecule has 2 nitrogen and oxygen atoms in total. The fraction of sp³-hybridized carbons (Fsp3) is 0.250. The minimum Gasteiger partial charge on any atom is -0.310 e. The Hall–Kier alpha value is -1.16. The number of carbonyl (C=O) groups is 1. The lowest BCUT2D eigenvalue weighted by molar-refractivity contribution is -0.117. The van der Waals surface area contributed by atoms with Crippen LogP contribution in [0.15, 0.2) is 12.1 Å². The van der Waals surface area contributed by atoms with Crippen molar-refractivity contribution in [2.24, 2.45) is 5.92 Å². The zero-order valence-electron chi connectivity index (χ0n) is 8.71. The van der Waals surface area contributed by atoms with Crippen molar-refractivity contribution in [3.05, 3.63) is 27.3 Å². The lowest BCUT2D eigenvalue weighted by Crippen LogP contribution is -2.25. The number of hydrogen-bond acceptors (Lipinski definition) is 1. The molecule has 1 aromatic rings. The van der Waals surface area contributed by atoms with E-state index in [0.717, 1.165) is 12.1 Å². The Bertz CT molecular complexity index is 524. The Morgan fingerprint density at radius 2 is 2.06 bits per heavy atom. The molecule has 2 rings (SSSR count). The summed E-state index contributed by atoms with van der Waals surface area (Å²) in [6.45, 7) is 0.358. The van der Waals surface area contributed by atoms with Crippen molar-refractivity contribution in [2.45, 2.75) is 6.42 Å². The average Bonchev–Trinajstić information content (AvgIpc) is 2.65. The van der Waals surface area contributed by atoms with Crippen LogP contribution in [0.4, 0.5) is 14.5 Å². The standard InChI is InChI=1S/C12H8F2INO/c1-2-7-3-12(17)16(6-7)11-5-9(14)8(13)4-10(11)15/h1,4-5,7H,3,6H2. The first-order valence-electron chi connectivity index (χ1n) is 4.94. The van der Waals surface area contributed by atoms with E-state index in [2.05, 4.69) is 5.92 Å². The van der Waals surface area contributed by atoms with E-state index in [1.165, 1.54) is 4.90 Å². The van der Waals surface area contributed by atoms with Crippen LogP contribution < -0.4 is 4.90 Å². The number of terminal acetylenes is 1. The highest BCUT2D eigenvalue weighted by Crippen LogP contribution is 2.30. The zero-order valence-corrected chi connectivity index (χ0v) is 10.9. The average molecular weight is 347 g/mol. The highest BCUT2D eigenvalue weighted by molar-refractivity contribution is 14.1. The minimum absolute atomic E-state index is 0.156. The van der Waals surface area contributed by atoms with Crippen LogP contribution in [0, 0.1) is 33.5 Å². The van der Waals surface area contributed by atoms with Crippen LogP contribution in [0.25, 0.3) is 0 Å². The molecule has 0 saturated carbocycles. The molecule has 1 atom stereocenters. The normalized spacial score (nSPS) is 19.5. The van der Waals surface area contributed by atoms with Gasteiger partial charge in [0, 0.05) is 28.5 Å². The number of nitrogens with zero attached hydrogens (tertiary/aromatic N) is 1. The lowest BCUT2D eigenvalue weighted by atomic mass is 10.1. The van der Waals surface area contributed by atoms with Gasteiger partial charge in [-0.25, -0.2) is 8.78 Å². The van der Waals surface area contributed by atoms with Crippen molar-refractivity contribution in [2.75, 3.05) is 11.4 Å². The van der Waals surface area contributed by atoms with Gasteiger partial charge in [0.2, 0.25) is 5.91 Å². The Morgan fingerprint density at radius 3 is 2.65 bits per heavy atom. The molecule has 17 heavy (non-hydrogen) atoms. The maximum Gasteiger partial charge on any atom is 0.228 e. The van der Waals surface area contributed by atoms with Gasteiger partial charge in [0.1, 0.15) is 0 Å². The molecule has 88 valence electrons. The van der Waals surface area contributed by atoms with Crippen molar-refractivity contribution in [3.63, 3.8) is 0 Å². The largest absolute Gasteiger partial charge is 0.310 e. The molecule has 1 heterocycles. The predicted octanol–water partition coefficient (Wildman–Crippen LogP) is 2.56. The van der Waals surface area contributed by atoms with E-state index in [1.54, 1.807) is 0 Å². The molecule has 1 fully saturated rings. The van der Waals surface area contributed by atoms with Crippen molar-refractivity contribution in [3.8, 4) is 12.3 Å². The van der Waals surface area contributed by atoms with Crippen LogP contribution >= 0.6 is 22.6 Å². The predicted molar refractivity (Wildman–Crippen MR) is 68.4 cm³/mol. The molecule has 1 aromatic carbocycles. The van der Waals surface area contributed by atoms with Gasteiger partial charge in [0.15, 0.2) is 11.6 Å². The summed E-state index contributed by atoms with van der Waals surface area (Å²) in [5, 5.41) is 0. The van der Waals surface area contributed by atoms with Crippen LogP contribution in [-0.2, 0) is 4.79 Å². The third-order valence-electron chi connectivity index (χ3n) is 2.64. The van der Waals surface area contributed by atoms with E-state index in [-0.39, 0.29) is 18.2 Å². The summed E-state index contributed by atoms with van der Waals surface area (Å²) in [4.78, 5) is 13.1. The van der Waals surface area contributed by atoms with Gasteiger partial charge in [-0.05, 0) is 28.7 Å². The van der Waals surface area contributed by atoms with Crippen LogP contribution in [0.2, 0.25) is 0 Å². The number of benzene rings is 1. The second-order valence-corrected chi connectivity index (χ2v) is 4.95. The summed E-state index contributed by atoms with van der Waals surface area (Å²) in [7, 11) is 0. The highest BCUT2D eigenvalue weighted by atomic mass is 127. The number of rotatable bonds is 1. The molecular formula is C12H8F2INO. The monoisotopic (exact) mass is 347 g/mol. The molecule has 1 amide bonds. The second kappa shape index (κ2) is 4.61. The van der Waals surface area contributed by atoms with E-state index in [1.807, 2.05) is 22.6 Å². The first kappa shape index (κ1) is 12.3. The molecule has 1 saturated heterocycles. The van der Waals surface area contributed by atoms with Gasteiger partial charge in [0.25, 0.3) is 0 Å². The molecular weight excluding hydrogens is 339 g/mol. The Labute approximate surface area is 111 Å². The van der Waals surface area contributed by atoms with Gasteiger partial charge in [0.05, 0.1) is 5.69 Å². The second-order valence-electron chi connectivity index (χ2n) is 3.79. The fourth-order valence-corrected chi connectivity index (χ4v) is 2.49. The Morgan fingerprint density at radius 1 is 1.41 bits per heavy atom. The fourth-order valence-electron chi connectivity index (χ4n) is 1.77. The van der Waals surface area contributed by atoms with Gasteiger partial charge in [-0.3, -0.25) is 4.79 Å². The summed E-state index contributed by atoms with van der Waals surface area (Å²) < 4.78 is 26.6. The summed E-state index contributed by atoms with van der Waals surface area (Å²) >= 11 is 1.87. The lowest BCUT2D eigenvalue weighted by Gasteiger charge is -2.17. The maximum atomic E-state index is 13.2. The van der Waals surface area contributed by atoms with Gasteiger partial charge in [-0.15, -0.1) is 12.3 Å². The van der Waals surface area contributed by atoms with Crippen molar-refractivity contribution < 1.29 is 13.6 Å². The van der Waals surface area contributed by atoms with E-state index >= 15 is 0 Å². The van der Waals surface area contributed by atoms with Gasteiger partial charge in [-0.2, -0.15) is 0 Å². The number of amides is 1. The van der Waals surface area contributed by atoms with Crippen LogP contribution in [0.3, 0.4) is 0 Å². The number of carbonyl (C=O) groups excluding carboxylic acids is 1. The first-order chi connectivity index (χ1) is 8.02. The summed E-state index contributed by atoms with van der Waals surface area (Å²) in [5.41, 5.74) is 0.382. The molecule has 0 N–H and O–H groups in total. The van der Waals surface area contributed by atoms with Crippen LogP contribution in [-0.4, -0.2) is 12.5 Å². The van der Waals surface area contributed by atoms with E-state index in [0.29, 0.717) is 15.8 Å². The Kier molecular flexibility index (Phi) is 3.33. The van der Waals surface area contributed by atoms with E-state index in [9.17, 15) is 13.6 Å². The smallest absolute Gasteiger partial charge is 0.228 e. The zero-order chi connectivity index (χ0) is 12.6. The molecule has 0 aliphatic carbocycles. The van der Waals surface area contributed by atoms with Crippen molar-refractivity contribution in [1.29, 1.82) is 0 Å². The maximum absolute atomic E-state index is 13.2. The first-order valence-corrected chi connectivity index (χ1v) is 6.02. The highest BCUT2D eigenvalue weighted by Gasteiger charge is 2.31. The Balaban J connectivity index is 2.39. The third-order valence-corrected chi connectivity index (χ3v) is 3.51. The molecule has 0 aromatic heterocycles. The van der Waals surface area contributed by atoms with Gasteiger partial charge in [-0.1, -0.05) is 0 Å². The van der Waals surface area contributed by atoms with Crippen LogP contribution in [0.1, 0.15) is 6.42 Å². The summed E-state index contributed by atoms with van der Waals surface area (Å²) in [6.07, 6.45) is 5.52. The molecule has 0 radical (unpaired) electrons. The third kappa shape index (κ3) is 2.27. The molecule has 5 heteroatoms. The van der Waals surface area contributed by atoms with Gasteiger partial charge < -0.3 is 4.90 Å². The summed E-state index contributed by atoms with van der Waals surface area (Å²) in [5.74, 6) is 0.311. The van der Waals surface area contributed by atoms with E-state index in [4.69, 9.17) is 6.42 Å². The molecule has 1 unspecified atom stereocenters.